The van der Waals surface area contributed by atoms with E-state index >= 15 is 0 Å². The van der Waals surface area contributed by atoms with Gasteiger partial charge in [0.15, 0.2) is 6.29 Å². The van der Waals surface area contributed by atoms with Gasteiger partial charge in [-0.25, -0.2) is 4.39 Å². The van der Waals surface area contributed by atoms with E-state index in [0.717, 1.165) is 5.56 Å². The number of aryl methyl sites for hydroxylation is 1. The van der Waals surface area contributed by atoms with Crippen molar-refractivity contribution in [2.45, 2.75) is 6.92 Å². The Morgan fingerprint density at radius 2 is 1.89 bits per heavy atom. The minimum Gasteiger partial charge on any atom is -0.497 e. The molecule has 2 aromatic carbocycles. The highest BCUT2D eigenvalue weighted by atomic mass is 19.1. The third kappa shape index (κ3) is 2.91. The second-order valence-corrected chi connectivity index (χ2v) is 4.06. The summed E-state index contributed by atoms with van der Waals surface area (Å²) in [6.45, 7) is 1.89. The van der Waals surface area contributed by atoms with E-state index in [9.17, 15) is 9.18 Å². The summed E-state index contributed by atoms with van der Waals surface area (Å²) in [6, 6.07) is 9.55. The van der Waals surface area contributed by atoms with Gasteiger partial charge in [-0.2, -0.15) is 0 Å². The van der Waals surface area contributed by atoms with Crippen LogP contribution in [-0.4, -0.2) is 13.4 Å². The Bertz CT molecular complexity index is 608. The van der Waals surface area contributed by atoms with Crippen molar-refractivity contribution >= 4 is 6.29 Å². The van der Waals surface area contributed by atoms with Crippen LogP contribution in [0, 0.1) is 12.7 Å². The predicted molar refractivity (Wildman–Crippen MR) is 69.6 cm³/mol. The minimum absolute atomic E-state index is 0.0945. The molecule has 0 aliphatic rings. The van der Waals surface area contributed by atoms with Crippen molar-refractivity contribution in [3.8, 4) is 17.2 Å². The zero-order chi connectivity index (χ0) is 13.8. The van der Waals surface area contributed by atoms with Crippen molar-refractivity contribution < 1.29 is 18.7 Å². The highest BCUT2D eigenvalue weighted by Crippen LogP contribution is 2.29. The molecular formula is C15H13FO3. The molecule has 19 heavy (non-hydrogen) atoms. The predicted octanol–water partition coefficient (Wildman–Crippen LogP) is 3.75. The lowest BCUT2D eigenvalue weighted by molar-refractivity contribution is 0.111. The van der Waals surface area contributed by atoms with Crippen LogP contribution in [0.2, 0.25) is 0 Å². The van der Waals surface area contributed by atoms with Crippen LogP contribution in [0.5, 0.6) is 17.2 Å². The van der Waals surface area contributed by atoms with E-state index in [0.29, 0.717) is 17.8 Å². The molecule has 0 saturated carbocycles. The second kappa shape index (κ2) is 5.52. The monoisotopic (exact) mass is 260 g/mol. The fraction of sp³-hybridized carbons (Fsp3) is 0.133. The SMILES string of the molecule is COc1cc(C)cc(Oc2cccc(F)c2C=O)c1. The summed E-state index contributed by atoms with van der Waals surface area (Å²) in [7, 11) is 1.55. The van der Waals surface area contributed by atoms with Gasteiger partial charge in [0.1, 0.15) is 23.1 Å². The molecule has 98 valence electrons. The highest BCUT2D eigenvalue weighted by molar-refractivity contribution is 5.79. The van der Waals surface area contributed by atoms with Crippen molar-refractivity contribution in [2.24, 2.45) is 0 Å². The van der Waals surface area contributed by atoms with Gasteiger partial charge in [0, 0.05) is 6.07 Å². The minimum atomic E-state index is -0.605. The first kappa shape index (κ1) is 13.1. The maximum absolute atomic E-state index is 13.4. The number of hydrogen-bond acceptors (Lipinski definition) is 3. The number of rotatable bonds is 4. The second-order valence-electron chi connectivity index (χ2n) is 4.06. The first-order valence-corrected chi connectivity index (χ1v) is 5.71. The lowest BCUT2D eigenvalue weighted by Gasteiger charge is -2.10. The van der Waals surface area contributed by atoms with Crippen LogP contribution in [0.25, 0.3) is 0 Å². The van der Waals surface area contributed by atoms with E-state index in [1.54, 1.807) is 25.3 Å². The smallest absolute Gasteiger partial charge is 0.156 e. The fourth-order valence-corrected chi connectivity index (χ4v) is 1.74. The molecule has 0 radical (unpaired) electrons. The van der Waals surface area contributed by atoms with Crippen LogP contribution in [0.15, 0.2) is 36.4 Å². The standard InChI is InChI=1S/C15H13FO3/c1-10-6-11(18-2)8-12(7-10)19-15-5-3-4-14(16)13(15)9-17/h3-9H,1-2H3. The van der Waals surface area contributed by atoms with Gasteiger partial charge in [-0.05, 0) is 36.8 Å². The molecule has 0 amide bonds. The van der Waals surface area contributed by atoms with E-state index in [1.807, 2.05) is 13.0 Å². The lowest BCUT2D eigenvalue weighted by Crippen LogP contribution is -1.95. The van der Waals surface area contributed by atoms with Gasteiger partial charge in [0.25, 0.3) is 0 Å². The van der Waals surface area contributed by atoms with E-state index < -0.39 is 5.82 Å². The van der Waals surface area contributed by atoms with E-state index in [2.05, 4.69) is 0 Å². The van der Waals surface area contributed by atoms with Crippen LogP contribution in [0.3, 0.4) is 0 Å². The number of aldehydes is 1. The van der Waals surface area contributed by atoms with Crippen molar-refractivity contribution in [3.63, 3.8) is 0 Å². The summed E-state index contributed by atoms with van der Waals surface area (Å²) in [6.07, 6.45) is 0.442. The molecule has 2 rings (SSSR count). The average molecular weight is 260 g/mol. The summed E-state index contributed by atoms with van der Waals surface area (Å²) < 4.78 is 24.1. The molecule has 0 fully saturated rings. The highest BCUT2D eigenvalue weighted by Gasteiger charge is 2.10. The maximum atomic E-state index is 13.4. The number of methoxy groups -OCH3 is 1. The Morgan fingerprint density at radius 1 is 1.16 bits per heavy atom. The molecular weight excluding hydrogens is 247 g/mol. The van der Waals surface area contributed by atoms with E-state index in [1.165, 1.54) is 12.1 Å². The molecule has 0 aliphatic carbocycles. The van der Waals surface area contributed by atoms with Crippen molar-refractivity contribution in [2.75, 3.05) is 7.11 Å². The molecule has 2 aromatic rings. The first-order valence-electron chi connectivity index (χ1n) is 5.71. The molecule has 4 heteroatoms. The number of carbonyl (C=O) groups is 1. The van der Waals surface area contributed by atoms with Crippen LogP contribution in [-0.2, 0) is 0 Å². The molecule has 3 nitrogen and oxygen atoms in total. The third-order valence-electron chi connectivity index (χ3n) is 2.62. The molecule has 0 unspecified atom stereocenters. The quantitative estimate of drug-likeness (QED) is 0.785. The lowest BCUT2D eigenvalue weighted by atomic mass is 10.2. The zero-order valence-corrected chi connectivity index (χ0v) is 10.6. The Balaban J connectivity index is 2.38. The summed E-state index contributed by atoms with van der Waals surface area (Å²) in [5.41, 5.74) is 0.848. The average Bonchev–Trinajstić information content (AvgIpc) is 2.38. The Hall–Kier alpha value is -2.36. The molecule has 0 spiro atoms. The molecule has 0 saturated heterocycles. The van der Waals surface area contributed by atoms with Crippen LogP contribution < -0.4 is 9.47 Å². The summed E-state index contributed by atoms with van der Waals surface area (Å²) >= 11 is 0. The van der Waals surface area contributed by atoms with Gasteiger partial charge in [-0.3, -0.25) is 4.79 Å². The summed E-state index contributed by atoms with van der Waals surface area (Å²) in [4.78, 5) is 10.9. The Labute approximate surface area is 110 Å². The van der Waals surface area contributed by atoms with Gasteiger partial charge in [0.05, 0.1) is 12.7 Å². The summed E-state index contributed by atoms with van der Waals surface area (Å²) in [5.74, 6) is 0.708. The first-order chi connectivity index (χ1) is 9.13. The van der Waals surface area contributed by atoms with Crippen LogP contribution >= 0.6 is 0 Å². The Morgan fingerprint density at radius 3 is 2.58 bits per heavy atom. The number of ether oxygens (including phenoxy) is 2. The van der Waals surface area contributed by atoms with Gasteiger partial charge < -0.3 is 9.47 Å². The molecule has 0 aliphatic heterocycles. The number of halogens is 1. The van der Waals surface area contributed by atoms with Crippen molar-refractivity contribution in [1.29, 1.82) is 0 Å². The molecule has 0 bridgehead atoms. The van der Waals surface area contributed by atoms with Crippen LogP contribution in [0.1, 0.15) is 15.9 Å². The topological polar surface area (TPSA) is 35.5 Å². The Kier molecular flexibility index (Phi) is 3.80. The van der Waals surface area contributed by atoms with Crippen LogP contribution in [0.4, 0.5) is 4.39 Å². The zero-order valence-electron chi connectivity index (χ0n) is 10.6. The number of hydrogen-bond donors (Lipinski definition) is 0. The van der Waals surface area contributed by atoms with E-state index in [4.69, 9.17) is 9.47 Å². The third-order valence-corrected chi connectivity index (χ3v) is 2.62. The van der Waals surface area contributed by atoms with Gasteiger partial charge in [0.2, 0.25) is 0 Å². The van der Waals surface area contributed by atoms with Crippen molar-refractivity contribution in [3.05, 3.63) is 53.3 Å². The van der Waals surface area contributed by atoms with Gasteiger partial charge in [-0.1, -0.05) is 6.07 Å². The molecule has 0 N–H and O–H groups in total. The van der Waals surface area contributed by atoms with Gasteiger partial charge >= 0.3 is 0 Å². The molecule has 0 heterocycles. The normalized spacial score (nSPS) is 10.1. The molecule has 0 atom stereocenters. The van der Waals surface area contributed by atoms with Gasteiger partial charge in [-0.15, -0.1) is 0 Å². The number of carbonyl (C=O) groups excluding carboxylic acids is 1. The summed E-state index contributed by atoms with van der Waals surface area (Å²) in [5, 5.41) is 0. The fourth-order valence-electron chi connectivity index (χ4n) is 1.74. The largest absolute Gasteiger partial charge is 0.497 e. The molecule has 0 aromatic heterocycles. The van der Waals surface area contributed by atoms with E-state index in [-0.39, 0.29) is 11.3 Å². The number of benzene rings is 2. The maximum Gasteiger partial charge on any atom is 0.156 e. The van der Waals surface area contributed by atoms with Crippen molar-refractivity contribution in [1.82, 2.24) is 0 Å².